The molecule has 0 amide bonds. The summed E-state index contributed by atoms with van der Waals surface area (Å²) in [5.74, 6) is 0. The van der Waals surface area contributed by atoms with Gasteiger partial charge in [0, 0.05) is 6.20 Å². The van der Waals surface area contributed by atoms with Crippen LogP contribution in [0.5, 0.6) is 0 Å². The lowest BCUT2D eigenvalue weighted by atomic mass is 10.2. The first kappa shape index (κ1) is 9.16. The summed E-state index contributed by atoms with van der Waals surface area (Å²) in [6, 6.07) is 10.1. The predicted octanol–water partition coefficient (Wildman–Crippen LogP) is 2.72. The third-order valence-electron chi connectivity index (χ3n) is 2.72. The summed E-state index contributed by atoms with van der Waals surface area (Å²) >= 11 is 0. The van der Waals surface area contributed by atoms with E-state index in [0.717, 1.165) is 12.1 Å². The van der Waals surface area contributed by atoms with Crippen LogP contribution in [0.25, 0.3) is 0 Å². The number of hydrogen-bond donors (Lipinski definition) is 0. The summed E-state index contributed by atoms with van der Waals surface area (Å²) in [6.45, 7) is 0.881. The normalized spacial score (nSPS) is 17.9. The molecule has 1 aliphatic carbocycles. The fourth-order valence-electron chi connectivity index (χ4n) is 1.88. The van der Waals surface area contributed by atoms with E-state index in [1.165, 1.54) is 11.1 Å². The van der Waals surface area contributed by atoms with Gasteiger partial charge in [-0.3, -0.25) is 5.01 Å². The molecule has 1 aliphatic heterocycles. The Labute approximate surface area is 94.9 Å². The summed E-state index contributed by atoms with van der Waals surface area (Å²) in [4.78, 5) is 0. The maximum atomic E-state index is 4.43. The maximum absolute atomic E-state index is 4.43. The monoisotopic (exact) mass is 208 g/mol. The average Bonchev–Trinajstić information content (AvgIpc) is 2.88. The molecule has 0 aromatic heterocycles. The minimum Gasteiger partial charge on any atom is -0.268 e. The molecule has 1 heterocycles. The number of benzene rings is 1. The summed E-state index contributed by atoms with van der Waals surface area (Å²) in [6.07, 6.45) is 10.3. The van der Waals surface area contributed by atoms with Crippen molar-refractivity contribution in [1.82, 2.24) is 5.01 Å². The molecule has 16 heavy (non-hydrogen) atoms. The van der Waals surface area contributed by atoms with Crippen molar-refractivity contribution < 1.29 is 0 Å². The van der Waals surface area contributed by atoms with Gasteiger partial charge >= 0.3 is 0 Å². The van der Waals surface area contributed by atoms with Crippen molar-refractivity contribution in [2.24, 2.45) is 5.10 Å². The standard InChI is InChI=1S/C14H12N2/c1-2-5-12(6-3-1)9-15-16-10-13-7-4-8-14(13)11-16/h1-10H,11H2. The van der Waals surface area contributed by atoms with Crippen molar-refractivity contribution in [2.45, 2.75) is 0 Å². The van der Waals surface area contributed by atoms with Crippen LogP contribution in [0.15, 0.2) is 71.0 Å². The van der Waals surface area contributed by atoms with Crippen LogP contribution in [0.1, 0.15) is 5.56 Å². The van der Waals surface area contributed by atoms with Crippen LogP contribution in [0.3, 0.4) is 0 Å². The molecule has 2 heteroatoms. The SMILES string of the molecule is C1=CC2=CN(N=Cc3ccccc3)CC2=C1. The van der Waals surface area contributed by atoms with Gasteiger partial charge in [-0.05, 0) is 16.7 Å². The van der Waals surface area contributed by atoms with E-state index in [1.807, 2.05) is 41.6 Å². The number of hydrogen-bond acceptors (Lipinski definition) is 2. The lowest BCUT2D eigenvalue weighted by Gasteiger charge is -2.06. The van der Waals surface area contributed by atoms with E-state index >= 15 is 0 Å². The van der Waals surface area contributed by atoms with Crippen LogP contribution in [-0.4, -0.2) is 17.8 Å². The Morgan fingerprint density at radius 1 is 1.19 bits per heavy atom. The van der Waals surface area contributed by atoms with Crippen LogP contribution < -0.4 is 0 Å². The fraction of sp³-hybridized carbons (Fsp3) is 0.0714. The first-order valence-electron chi connectivity index (χ1n) is 5.37. The molecule has 1 aromatic rings. The highest BCUT2D eigenvalue weighted by Gasteiger charge is 2.16. The number of nitrogens with zero attached hydrogens (tertiary/aromatic N) is 2. The molecule has 3 rings (SSSR count). The molecule has 0 saturated heterocycles. The Balaban J connectivity index is 1.74. The first-order valence-corrected chi connectivity index (χ1v) is 5.37. The van der Waals surface area contributed by atoms with E-state index in [1.54, 1.807) is 0 Å². The zero-order valence-electron chi connectivity index (χ0n) is 8.88. The molecule has 78 valence electrons. The molecule has 0 fully saturated rings. The van der Waals surface area contributed by atoms with E-state index in [-0.39, 0.29) is 0 Å². The maximum Gasteiger partial charge on any atom is 0.0665 e. The highest BCUT2D eigenvalue weighted by Crippen LogP contribution is 2.26. The minimum absolute atomic E-state index is 0.881. The molecule has 0 spiro atoms. The van der Waals surface area contributed by atoms with E-state index in [9.17, 15) is 0 Å². The van der Waals surface area contributed by atoms with Crippen LogP contribution in [0.4, 0.5) is 0 Å². The topological polar surface area (TPSA) is 15.6 Å². The van der Waals surface area contributed by atoms with Gasteiger partial charge in [0.05, 0.1) is 12.8 Å². The van der Waals surface area contributed by atoms with Gasteiger partial charge in [0.1, 0.15) is 0 Å². The highest BCUT2D eigenvalue weighted by molar-refractivity contribution is 5.79. The van der Waals surface area contributed by atoms with E-state index < -0.39 is 0 Å². The van der Waals surface area contributed by atoms with E-state index in [0.29, 0.717) is 0 Å². The lowest BCUT2D eigenvalue weighted by molar-refractivity contribution is 0.458. The molecule has 2 nitrogen and oxygen atoms in total. The average molecular weight is 208 g/mol. The van der Waals surface area contributed by atoms with Crippen molar-refractivity contribution in [2.75, 3.05) is 6.54 Å². The van der Waals surface area contributed by atoms with Gasteiger partial charge in [0.15, 0.2) is 0 Å². The predicted molar refractivity (Wildman–Crippen MR) is 66.0 cm³/mol. The van der Waals surface area contributed by atoms with Crippen LogP contribution in [-0.2, 0) is 0 Å². The van der Waals surface area contributed by atoms with Crippen LogP contribution >= 0.6 is 0 Å². The number of allylic oxidation sites excluding steroid dienone is 3. The summed E-state index contributed by atoms with van der Waals surface area (Å²) in [5.41, 5.74) is 3.76. The number of hydrazone groups is 1. The van der Waals surface area contributed by atoms with Gasteiger partial charge < -0.3 is 0 Å². The Morgan fingerprint density at radius 2 is 2.06 bits per heavy atom. The van der Waals surface area contributed by atoms with Crippen molar-refractivity contribution in [3.05, 3.63) is 71.5 Å². The first-order chi connectivity index (χ1) is 7.92. The minimum atomic E-state index is 0.881. The van der Waals surface area contributed by atoms with Gasteiger partial charge in [-0.25, -0.2) is 0 Å². The smallest absolute Gasteiger partial charge is 0.0665 e. The zero-order valence-corrected chi connectivity index (χ0v) is 8.88. The fourth-order valence-corrected chi connectivity index (χ4v) is 1.88. The molecule has 0 saturated carbocycles. The molecular formula is C14H12N2. The molecule has 2 aliphatic rings. The van der Waals surface area contributed by atoms with Crippen molar-refractivity contribution >= 4 is 6.21 Å². The number of fused-ring (bicyclic) bond motifs is 1. The van der Waals surface area contributed by atoms with Crippen molar-refractivity contribution in [1.29, 1.82) is 0 Å². The molecule has 0 unspecified atom stereocenters. The molecule has 0 N–H and O–H groups in total. The lowest BCUT2D eigenvalue weighted by Crippen LogP contribution is -2.07. The molecule has 0 atom stereocenters. The van der Waals surface area contributed by atoms with Gasteiger partial charge in [0.25, 0.3) is 0 Å². The summed E-state index contributed by atoms with van der Waals surface area (Å²) in [7, 11) is 0. The summed E-state index contributed by atoms with van der Waals surface area (Å²) in [5, 5.41) is 6.40. The molecular weight excluding hydrogens is 196 g/mol. The second-order valence-corrected chi connectivity index (χ2v) is 3.89. The van der Waals surface area contributed by atoms with E-state index in [2.05, 4.69) is 29.5 Å². The Morgan fingerprint density at radius 3 is 2.88 bits per heavy atom. The van der Waals surface area contributed by atoms with Gasteiger partial charge in [-0.1, -0.05) is 48.6 Å². The quantitative estimate of drug-likeness (QED) is 0.682. The second-order valence-electron chi connectivity index (χ2n) is 3.89. The number of rotatable bonds is 2. The van der Waals surface area contributed by atoms with Crippen LogP contribution in [0, 0.1) is 0 Å². The Hall–Kier alpha value is -2.09. The van der Waals surface area contributed by atoms with Crippen molar-refractivity contribution in [3.63, 3.8) is 0 Å². The van der Waals surface area contributed by atoms with Gasteiger partial charge in [-0.15, -0.1) is 0 Å². The molecule has 0 radical (unpaired) electrons. The second kappa shape index (κ2) is 3.81. The van der Waals surface area contributed by atoms with E-state index in [4.69, 9.17) is 0 Å². The third kappa shape index (κ3) is 1.70. The van der Waals surface area contributed by atoms with Gasteiger partial charge in [-0.2, -0.15) is 5.10 Å². The van der Waals surface area contributed by atoms with Gasteiger partial charge in [0.2, 0.25) is 0 Å². The van der Waals surface area contributed by atoms with Crippen LogP contribution in [0.2, 0.25) is 0 Å². The highest BCUT2D eigenvalue weighted by atomic mass is 15.4. The third-order valence-corrected chi connectivity index (χ3v) is 2.72. The van der Waals surface area contributed by atoms with Crippen molar-refractivity contribution in [3.8, 4) is 0 Å². The zero-order chi connectivity index (χ0) is 10.8. The molecule has 1 aromatic carbocycles. The Bertz CT molecular complexity index is 507. The molecule has 0 bridgehead atoms. The summed E-state index contributed by atoms with van der Waals surface area (Å²) < 4.78 is 0. The Kier molecular flexibility index (Phi) is 2.18. The largest absolute Gasteiger partial charge is 0.268 e.